The summed E-state index contributed by atoms with van der Waals surface area (Å²) in [6.45, 7) is 5.59. The van der Waals surface area contributed by atoms with E-state index in [2.05, 4.69) is 4.98 Å². The van der Waals surface area contributed by atoms with Crippen LogP contribution in [0.3, 0.4) is 0 Å². The zero-order chi connectivity index (χ0) is 10.1. The highest BCUT2D eigenvalue weighted by atomic mass is 32.1. The number of aryl methyl sites for hydroxylation is 1. The van der Waals surface area contributed by atoms with Gasteiger partial charge in [-0.1, -0.05) is 0 Å². The maximum atomic E-state index is 9.69. The number of aliphatic hydroxyl groups excluding tert-OH is 1. The average Bonchev–Trinajstić information content (AvgIpc) is 2.33. The molecule has 0 saturated carbocycles. The van der Waals surface area contributed by atoms with Crippen molar-refractivity contribution in [3.63, 3.8) is 0 Å². The first-order valence-electron chi connectivity index (χ1n) is 4.27. The van der Waals surface area contributed by atoms with Gasteiger partial charge in [0.1, 0.15) is 0 Å². The van der Waals surface area contributed by atoms with Gasteiger partial charge in [-0.15, -0.1) is 11.3 Å². The topological polar surface area (TPSA) is 59.1 Å². The molecule has 0 aliphatic heterocycles. The fraction of sp³-hybridized carbons (Fsp3) is 0.667. The first-order valence-corrected chi connectivity index (χ1v) is 5.15. The van der Waals surface area contributed by atoms with Gasteiger partial charge in [-0.25, -0.2) is 4.98 Å². The van der Waals surface area contributed by atoms with E-state index < -0.39 is 11.6 Å². The smallest absolute Gasteiger partial charge is 0.0897 e. The largest absolute Gasteiger partial charge is 0.391 e. The lowest BCUT2D eigenvalue weighted by atomic mass is 9.95. The summed E-state index contributed by atoms with van der Waals surface area (Å²) in [5.74, 6) is 0. The Hall–Kier alpha value is -0.450. The highest BCUT2D eigenvalue weighted by Crippen LogP contribution is 2.14. The summed E-state index contributed by atoms with van der Waals surface area (Å²) in [6, 6.07) is 0. The molecule has 0 radical (unpaired) electrons. The number of aliphatic hydroxyl groups is 1. The number of nitrogens with zero attached hydrogens (tertiary/aromatic N) is 1. The molecule has 0 bridgehead atoms. The second-order valence-corrected chi connectivity index (χ2v) is 4.96. The van der Waals surface area contributed by atoms with Gasteiger partial charge < -0.3 is 10.8 Å². The zero-order valence-electron chi connectivity index (χ0n) is 8.24. The molecule has 3 nitrogen and oxygen atoms in total. The molecule has 1 aromatic rings. The molecule has 0 aliphatic rings. The highest BCUT2D eigenvalue weighted by molar-refractivity contribution is 7.09. The summed E-state index contributed by atoms with van der Waals surface area (Å²) >= 11 is 1.59. The SMILES string of the molecule is Cc1nc(CC(O)C(C)(C)N)cs1. The molecule has 4 heteroatoms. The van der Waals surface area contributed by atoms with Crippen LogP contribution in [0.2, 0.25) is 0 Å². The number of aromatic nitrogens is 1. The van der Waals surface area contributed by atoms with Crippen LogP contribution in [0.4, 0.5) is 0 Å². The molecule has 1 heterocycles. The lowest BCUT2D eigenvalue weighted by molar-refractivity contribution is 0.103. The Balaban J connectivity index is 2.60. The van der Waals surface area contributed by atoms with Gasteiger partial charge in [-0.2, -0.15) is 0 Å². The van der Waals surface area contributed by atoms with Crippen LogP contribution >= 0.6 is 11.3 Å². The van der Waals surface area contributed by atoms with Crippen LogP contribution in [0.1, 0.15) is 24.5 Å². The van der Waals surface area contributed by atoms with Crippen molar-refractivity contribution < 1.29 is 5.11 Å². The third kappa shape index (κ3) is 3.06. The van der Waals surface area contributed by atoms with Crippen LogP contribution in [-0.2, 0) is 6.42 Å². The van der Waals surface area contributed by atoms with E-state index in [1.807, 2.05) is 26.2 Å². The third-order valence-corrected chi connectivity index (χ3v) is 2.75. The van der Waals surface area contributed by atoms with Crippen molar-refractivity contribution >= 4 is 11.3 Å². The molecule has 1 unspecified atom stereocenters. The quantitative estimate of drug-likeness (QED) is 0.768. The van der Waals surface area contributed by atoms with E-state index in [9.17, 15) is 5.11 Å². The molecule has 0 spiro atoms. The summed E-state index contributed by atoms with van der Waals surface area (Å²) in [5.41, 5.74) is 6.13. The minimum Gasteiger partial charge on any atom is -0.391 e. The Morgan fingerprint density at radius 2 is 2.31 bits per heavy atom. The lowest BCUT2D eigenvalue weighted by Crippen LogP contribution is -2.46. The van der Waals surface area contributed by atoms with Gasteiger partial charge in [0.15, 0.2) is 0 Å². The maximum Gasteiger partial charge on any atom is 0.0897 e. The molecule has 0 saturated heterocycles. The molecule has 1 atom stereocenters. The van der Waals surface area contributed by atoms with Crippen LogP contribution in [-0.4, -0.2) is 21.7 Å². The van der Waals surface area contributed by atoms with E-state index in [0.29, 0.717) is 6.42 Å². The molecular formula is C9H16N2OS. The molecule has 0 aromatic carbocycles. The van der Waals surface area contributed by atoms with Gasteiger partial charge in [-0.3, -0.25) is 0 Å². The predicted molar refractivity (Wildman–Crippen MR) is 54.8 cm³/mol. The molecular weight excluding hydrogens is 184 g/mol. The van der Waals surface area contributed by atoms with Crippen molar-refractivity contribution in [1.82, 2.24) is 4.98 Å². The summed E-state index contributed by atoms with van der Waals surface area (Å²) in [4.78, 5) is 4.27. The minimum atomic E-state index is -0.558. The predicted octanol–water partition coefficient (Wildman–Crippen LogP) is 1.09. The molecule has 0 fully saturated rings. The number of hydrogen-bond acceptors (Lipinski definition) is 4. The normalized spacial score (nSPS) is 14.5. The Bertz CT molecular complexity index is 277. The van der Waals surface area contributed by atoms with Crippen LogP contribution in [0.15, 0.2) is 5.38 Å². The van der Waals surface area contributed by atoms with Crippen molar-refractivity contribution in [1.29, 1.82) is 0 Å². The standard InChI is InChI=1S/C9H16N2OS/c1-6-11-7(5-13-6)4-8(12)9(2,3)10/h5,8,12H,4,10H2,1-3H3. The molecule has 0 amide bonds. The summed E-state index contributed by atoms with van der Waals surface area (Å²) in [5, 5.41) is 12.7. The molecule has 3 N–H and O–H groups in total. The molecule has 0 aliphatic carbocycles. The summed E-state index contributed by atoms with van der Waals surface area (Å²) in [6.07, 6.45) is 0.00222. The lowest BCUT2D eigenvalue weighted by Gasteiger charge is -2.24. The van der Waals surface area contributed by atoms with Crippen molar-refractivity contribution in [3.8, 4) is 0 Å². The van der Waals surface area contributed by atoms with Crippen molar-refractivity contribution in [2.45, 2.75) is 38.8 Å². The fourth-order valence-corrected chi connectivity index (χ4v) is 1.59. The number of thiazole rings is 1. The van der Waals surface area contributed by atoms with Crippen LogP contribution in [0.5, 0.6) is 0 Å². The fourth-order valence-electron chi connectivity index (χ4n) is 0.963. The third-order valence-electron chi connectivity index (χ3n) is 1.93. The number of hydrogen-bond donors (Lipinski definition) is 2. The van der Waals surface area contributed by atoms with E-state index in [1.165, 1.54) is 0 Å². The Kier molecular flexibility index (Phi) is 3.05. The number of rotatable bonds is 3. The second kappa shape index (κ2) is 3.74. The van der Waals surface area contributed by atoms with Crippen molar-refractivity contribution in [2.75, 3.05) is 0 Å². The maximum absolute atomic E-state index is 9.69. The summed E-state index contributed by atoms with van der Waals surface area (Å²) < 4.78 is 0. The monoisotopic (exact) mass is 200 g/mol. The van der Waals surface area contributed by atoms with E-state index >= 15 is 0 Å². The first-order chi connectivity index (χ1) is 5.89. The van der Waals surface area contributed by atoms with Crippen LogP contribution in [0, 0.1) is 6.92 Å². The van der Waals surface area contributed by atoms with Gasteiger partial charge in [-0.05, 0) is 20.8 Å². The highest BCUT2D eigenvalue weighted by Gasteiger charge is 2.23. The Morgan fingerprint density at radius 3 is 2.69 bits per heavy atom. The van der Waals surface area contributed by atoms with E-state index in [-0.39, 0.29) is 0 Å². The number of nitrogens with two attached hydrogens (primary N) is 1. The van der Waals surface area contributed by atoms with Gasteiger partial charge >= 0.3 is 0 Å². The van der Waals surface area contributed by atoms with Gasteiger partial charge in [0.05, 0.1) is 16.8 Å². The van der Waals surface area contributed by atoms with Gasteiger partial charge in [0.2, 0.25) is 0 Å². The molecule has 1 aromatic heterocycles. The zero-order valence-corrected chi connectivity index (χ0v) is 9.06. The van der Waals surface area contributed by atoms with E-state index in [0.717, 1.165) is 10.7 Å². The summed E-state index contributed by atoms with van der Waals surface area (Å²) in [7, 11) is 0. The molecule has 13 heavy (non-hydrogen) atoms. The average molecular weight is 200 g/mol. The van der Waals surface area contributed by atoms with Crippen LogP contribution < -0.4 is 5.73 Å². The van der Waals surface area contributed by atoms with Crippen LogP contribution in [0.25, 0.3) is 0 Å². The van der Waals surface area contributed by atoms with Gasteiger partial charge in [0, 0.05) is 17.3 Å². The Morgan fingerprint density at radius 1 is 1.69 bits per heavy atom. The second-order valence-electron chi connectivity index (χ2n) is 3.90. The molecule has 1 rings (SSSR count). The van der Waals surface area contributed by atoms with E-state index in [4.69, 9.17) is 5.73 Å². The van der Waals surface area contributed by atoms with Crippen molar-refractivity contribution in [2.24, 2.45) is 5.73 Å². The van der Waals surface area contributed by atoms with Gasteiger partial charge in [0.25, 0.3) is 0 Å². The first kappa shape index (κ1) is 10.6. The Labute approximate surface area is 82.6 Å². The van der Waals surface area contributed by atoms with E-state index in [1.54, 1.807) is 11.3 Å². The minimum absolute atomic E-state index is 0.533. The van der Waals surface area contributed by atoms with Crippen molar-refractivity contribution in [3.05, 3.63) is 16.1 Å². The molecule has 74 valence electrons.